The summed E-state index contributed by atoms with van der Waals surface area (Å²) >= 11 is 1.28. The van der Waals surface area contributed by atoms with Gasteiger partial charge in [-0.1, -0.05) is 72.0 Å². The lowest BCUT2D eigenvalue weighted by molar-refractivity contribution is -0.113. The first-order valence-corrected chi connectivity index (χ1v) is 15.6. The predicted octanol–water partition coefficient (Wildman–Crippen LogP) is 5.72. The highest BCUT2D eigenvalue weighted by Crippen LogP contribution is 2.32. The summed E-state index contributed by atoms with van der Waals surface area (Å²) in [5, 5.41) is 12.3. The summed E-state index contributed by atoms with van der Waals surface area (Å²) < 4.78 is 13.6. The molecule has 4 aromatic carbocycles. The highest BCUT2D eigenvalue weighted by Gasteiger charge is 2.32. The van der Waals surface area contributed by atoms with E-state index in [0.717, 1.165) is 16.7 Å². The molecule has 8 nitrogen and oxygen atoms in total. The SMILES string of the molecule is CCOc1ccc([C@H]2C(C(=O)Nc3ccccc3)=C(C)N=c3s/c(=C/c4ccc(OCc5ccccc5C#N)cc4)c(=O)n32)cc1. The average Bonchev–Trinajstić information content (AvgIpc) is 3.38. The third-order valence-corrected chi connectivity index (χ3v) is 8.50. The molecule has 1 amide bonds. The van der Waals surface area contributed by atoms with Crippen LogP contribution >= 0.6 is 11.3 Å². The minimum atomic E-state index is -0.690. The Hall–Kier alpha value is -5.72. The molecule has 46 heavy (non-hydrogen) atoms. The number of nitrogens with one attached hydrogen (secondary N) is 1. The number of amides is 1. The number of carbonyl (C=O) groups excluding carboxylic acids is 1. The van der Waals surface area contributed by atoms with E-state index in [1.807, 2.05) is 110 Å². The molecule has 0 saturated carbocycles. The molecule has 6 rings (SSSR count). The third kappa shape index (κ3) is 6.39. The van der Waals surface area contributed by atoms with E-state index in [2.05, 4.69) is 11.4 Å². The van der Waals surface area contributed by atoms with Crippen LogP contribution in [0.25, 0.3) is 6.08 Å². The maximum Gasteiger partial charge on any atom is 0.271 e. The first kappa shape index (κ1) is 30.3. The lowest BCUT2D eigenvalue weighted by Crippen LogP contribution is -2.40. The van der Waals surface area contributed by atoms with Crippen molar-refractivity contribution in [2.24, 2.45) is 4.99 Å². The number of carbonyl (C=O) groups is 1. The molecule has 1 atom stereocenters. The van der Waals surface area contributed by atoms with Gasteiger partial charge < -0.3 is 14.8 Å². The molecular formula is C37H30N4O4S. The number of nitrogens with zero attached hydrogens (tertiary/aromatic N) is 3. The standard InChI is InChI=1S/C37H30N4O4S/c1-3-44-30-19-15-26(16-20-30)34-33(35(42)40-29-11-5-4-6-12-29)24(2)39-37-41(34)36(43)32(46-37)21-25-13-17-31(18-14-25)45-23-28-10-8-7-9-27(28)22-38/h4-21,34H,3,23H2,1-2H3,(H,40,42)/b32-21+/t34-/m0/s1. The summed E-state index contributed by atoms with van der Waals surface area (Å²) in [6, 6.07) is 32.9. The predicted molar refractivity (Wildman–Crippen MR) is 178 cm³/mol. The van der Waals surface area contributed by atoms with Crippen molar-refractivity contribution in [3.63, 3.8) is 0 Å². The molecule has 1 aromatic heterocycles. The number of hydrogen-bond donors (Lipinski definition) is 1. The number of anilines is 1. The molecule has 9 heteroatoms. The zero-order valence-corrected chi connectivity index (χ0v) is 26.1. The minimum Gasteiger partial charge on any atom is -0.494 e. The Morgan fingerprint density at radius 2 is 1.63 bits per heavy atom. The fraction of sp³-hybridized carbons (Fsp3) is 0.135. The second-order valence-electron chi connectivity index (χ2n) is 10.5. The van der Waals surface area contributed by atoms with Gasteiger partial charge in [0.15, 0.2) is 4.80 Å². The van der Waals surface area contributed by atoms with Crippen molar-refractivity contribution in [3.8, 4) is 17.6 Å². The van der Waals surface area contributed by atoms with Crippen molar-refractivity contribution in [1.82, 2.24) is 4.57 Å². The molecule has 0 unspecified atom stereocenters. The van der Waals surface area contributed by atoms with E-state index < -0.39 is 6.04 Å². The van der Waals surface area contributed by atoms with Crippen molar-refractivity contribution >= 4 is 29.0 Å². The number of hydrogen-bond acceptors (Lipinski definition) is 7. The van der Waals surface area contributed by atoms with Crippen LogP contribution < -0.4 is 29.7 Å². The Morgan fingerprint density at radius 1 is 0.957 bits per heavy atom. The molecule has 0 aliphatic carbocycles. The van der Waals surface area contributed by atoms with Crippen LogP contribution in [-0.2, 0) is 11.4 Å². The van der Waals surface area contributed by atoms with Gasteiger partial charge in [0, 0.05) is 11.3 Å². The van der Waals surface area contributed by atoms with E-state index in [9.17, 15) is 14.9 Å². The molecule has 5 aromatic rings. The molecule has 2 heterocycles. The summed E-state index contributed by atoms with van der Waals surface area (Å²) in [6.07, 6.45) is 1.82. The molecule has 0 radical (unpaired) electrons. The Balaban J connectivity index is 1.34. The molecular weight excluding hydrogens is 596 g/mol. The quantitative estimate of drug-likeness (QED) is 0.225. The monoisotopic (exact) mass is 626 g/mol. The van der Waals surface area contributed by atoms with Gasteiger partial charge in [-0.3, -0.25) is 14.2 Å². The smallest absolute Gasteiger partial charge is 0.271 e. The van der Waals surface area contributed by atoms with Gasteiger partial charge >= 0.3 is 0 Å². The molecule has 0 bridgehead atoms. The lowest BCUT2D eigenvalue weighted by Gasteiger charge is -2.25. The van der Waals surface area contributed by atoms with Crippen LogP contribution in [0.3, 0.4) is 0 Å². The minimum absolute atomic E-state index is 0.242. The molecule has 228 valence electrons. The van der Waals surface area contributed by atoms with E-state index in [1.165, 1.54) is 11.3 Å². The molecule has 0 fully saturated rings. The van der Waals surface area contributed by atoms with Gasteiger partial charge in [-0.25, -0.2) is 4.99 Å². The van der Waals surface area contributed by atoms with Crippen LogP contribution in [0.4, 0.5) is 5.69 Å². The van der Waals surface area contributed by atoms with Crippen LogP contribution in [-0.4, -0.2) is 17.1 Å². The third-order valence-electron chi connectivity index (χ3n) is 7.51. The highest BCUT2D eigenvalue weighted by molar-refractivity contribution is 7.07. The molecule has 1 aliphatic heterocycles. The van der Waals surface area contributed by atoms with Gasteiger partial charge in [-0.15, -0.1) is 0 Å². The van der Waals surface area contributed by atoms with Gasteiger partial charge in [0.2, 0.25) is 0 Å². The van der Waals surface area contributed by atoms with Gasteiger partial charge in [0.05, 0.1) is 40.1 Å². The maximum atomic E-state index is 14.0. The number of thiazole rings is 1. The van der Waals surface area contributed by atoms with Crippen LogP contribution in [0.2, 0.25) is 0 Å². The summed E-state index contributed by atoms with van der Waals surface area (Å²) in [4.78, 5) is 33.0. The number of allylic oxidation sites excluding steroid dienone is 1. The summed E-state index contributed by atoms with van der Waals surface area (Å²) in [5.41, 5.74) is 4.31. The van der Waals surface area contributed by atoms with Crippen LogP contribution in [0.1, 0.15) is 42.1 Å². The van der Waals surface area contributed by atoms with Gasteiger partial charge in [-0.2, -0.15) is 5.26 Å². The number of fused-ring (bicyclic) bond motifs is 1. The van der Waals surface area contributed by atoms with Crippen LogP contribution in [0, 0.1) is 11.3 Å². The van der Waals surface area contributed by atoms with Gasteiger partial charge in [-0.05, 0) is 73.5 Å². The number of nitriles is 1. The Morgan fingerprint density at radius 3 is 2.35 bits per heavy atom. The van der Waals surface area contributed by atoms with E-state index in [4.69, 9.17) is 14.5 Å². The topological polar surface area (TPSA) is 106 Å². The fourth-order valence-corrected chi connectivity index (χ4v) is 6.33. The molecule has 0 spiro atoms. The van der Waals surface area contributed by atoms with Crippen LogP contribution in [0.5, 0.6) is 11.5 Å². The maximum absolute atomic E-state index is 14.0. The van der Waals surface area contributed by atoms with Crippen molar-refractivity contribution in [2.45, 2.75) is 26.5 Å². The van der Waals surface area contributed by atoms with E-state index in [0.29, 0.717) is 50.0 Å². The molecule has 1 N–H and O–H groups in total. The number of ether oxygens (including phenoxy) is 2. The van der Waals surface area contributed by atoms with E-state index in [1.54, 1.807) is 17.6 Å². The highest BCUT2D eigenvalue weighted by atomic mass is 32.1. The number of para-hydroxylation sites is 1. The second-order valence-corrected chi connectivity index (χ2v) is 11.5. The zero-order chi connectivity index (χ0) is 32.0. The van der Waals surface area contributed by atoms with E-state index in [-0.39, 0.29) is 18.1 Å². The van der Waals surface area contributed by atoms with Crippen LogP contribution in [0.15, 0.2) is 124 Å². The first-order valence-electron chi connectivity index (χ1n) is 14.8. The average molecular weight is 627 g/mol. The largest absolute Gasteiger partial charge is 0.494 e. The second kappa shape index (κ2) is 13.5. The fourth-order valence-electron chi connectivity index (χ4n) is 5.29. The summed E-state index contributed by atoms with van der Waals surface area (Å²) in [5.74, 6) is 1.02. The van der Waals surface area contributed by atoms with Gasteiger partial charge in [0.1, 0.15) is 18.1 Å². The normalized spacial score (nSPS) is 14.2. The Labute approximate surface area is 269 Å². The summed E-state index contributed by atoms with van der Waals surface area (Å²) in [6.45, 7) is 4.51. The van der Waals surface area contributed by atoms with Gasteiger partial charge in [0.25, 0.3) is 11.5 Å². The zero-order valence-electron chi connectivity index (χ0n) is 25.3. The van der Waals surface area contributed by atoms with Crippen molar-refractivity contribution in [1.29, 1.82) is 5.26 Å². The lowest BCUT2D eigenvalue weighted by atomic mass is 9.95. The van der Waals surface area contributed by atoms with E-state index >= 15 is 0 Å². The van der Waals surface area contributed by atoms with Crippen molar-refractivity contribution in [2.75, 3.05) is 11.9 Å². The molecule has 0 saturated heterocycles. The van der Waals surface area contributed by atoms with Crippen molar-refractivity contribution < 1.29 is 14.3 Å². The summed E-state index contributed by atoms with van der Waals surface area (Å²) in [7, 11) is 0. The Kier molecular flexibility index (Phi) is 8.90. The van der Waals surface area contributed by atoms with Crippen molar-refractivity contribution in [3.05, 3.63) is 156 Å². The molecule has 1 aliphatic rings. The number of benzene rings is 4. The number of aromatic nitrogens is 1. The Bertz CT molecular complexity index is 2140. The first-order chi connectivity index (χ1) is 22.4. The number of rotatable bonds is 9.